The molecule has 4 nitrogen and oxygen atoms in total. The highest BCUT2D eigenvalue weighted by Crippen LogP contribution is 2.25. The first-order valence-corrected chi connectivity index (χ1v) is 8.85. The topological polar surface area (TPSA) is 54.1 Å². The van der Waals surface area contributed by atoms with Crippen LogP contribution in [0.15, 0.2) is 0 Å². The van der Waals surface area contributed by atoms with Crippen molar-refractivity contribution >= 4 is 29.5 Å². The lowest BCUT2D eigenvalue weighted by Crippen LogP contribution is -2.32. The Morgan fingerprint density at radius 2 is 2.24 bits per heavy atom. The summed E-state index contributed by atoms with van der Waals surface area (Å²) in [5.41, 5.74) is 0.993. The van der Waals surface area contributed by atoms with Crippen molar-refractivity contribution in [1.29, 1.82) is 0 Å². The molecule has 0 spiro atoms. The summed E-state index contributed by atoms with van der Waals surface area (Å²) in [4.78, 5) is 16.0. The molecular weight excluding hydrogens is 304 g/mol. The number of rotatable bonds is 6. The molecule has 2 unspecified atom stereocenters. The summed E-state index contributed by atoms with van der Waals surface area (Å²) in [6, 6.07) is 0. The summed E-state index contributed by atoms with van der Waals surface area (Å²) in [5.74, 6) is 0.674. The summed E-state index contributed by atoms with van der Waals surface area (Å²) >= 11 is 6.55. The number of amides is 1. The van der Waals surface area contributed by atoms with Gasteiger partial charge in [-0.15, -0.1) is 11.3 Å². The number of aromatic amines is 1. The largest absolute Gasteiger partial charge is 0.376 e. The molecular formula is C15H24N2O2S2. The molecule has 0 aliphatic heterocycles. The van der Waals surface area contributed by atoms with E-state index in [1.54, 1.807) is 0 Å². The van der Waals surface area contributed by atoms with E-state index in [-0.39, 0.29) is 5.91 Å². The van der Waals surface area contributed by atoms with Crippen LogP contribution in [0.3, 0.4) is 0 Å². The number of thiazole rings is 1. The van der Waals surface area contributed by atoms with Crippen LogP contribution in [0.2, 0.25) is 0 Å². The van der Waals surface area contributed by atoms with E-state index in [2.05, 4.69) is 17.2 Å². The quantitative estimate of drug-likeness (QED) is 0.622. The van der Waals surface area contributed by atoms with Crippen LogP contribution in [0.4, 0.5) is 0 Å². The van der Waals surface area contributed by atoms with Gasteiger partial charge in [-0.3, -0.25) is 4.79 Å². The lowest BCUT2D eigenvalue weighted by Gasteiger charge is -2.28. The molecule has 0 aromatic carbocycles. The lowest BCUT2D eigenvalue weighted by molar-refractivity contribution is -0.120. The number of aryl methyl sites for hydroxylation is 1. The summed E-state index contributed by atoms with van der Waals surface area (Å²) in [5, 5.41) is 2.92. The van der Waals surface area contributed by atoms with E-state index >= 15 is 0 Å². The molecule has 6 heteroatoms. The first-order chi connectivity index (χ1) is 10.1. The van der Waals surface area contributed by atoms with Crippen molar-refractivity contribution in [2.45, 2.75) is 52.1 Å². The maximum Gasteiger partial charge on any atom is 0.225 e. The highest BCUT2D eigenvalue weighted by Gasteiger charge is 2.21. The fourth-order valence-corrected chi connectivity index (χ4v) is 4.03. The second kappa shape index (κ2) is 8.06. The van der Waals surface area contributed by atoms with Gasteiger partial charge in [-0.25, -0.2) is 0 Å². The van der Waals surface area contributed by atoms with E-state index in [9.17, 15) is 4.79 Å². The van der Waals surface area contributed by atoms with E-state index in [0.29, 0.717) is 31.6 Å². The molecule has 1 heterocycles. The zero-order chi connectivity index (χ0) is 15.2. The molecule has 0 radical (unpaired) electrons. The van der Waals surface area contributed by atoms with E-state index in [4.69, 9.17) is 17.0 Å². The molecule has 1 fully saturated rings. The van der Waals surface area contributed by atoms with Gasteiger partial charge in [-0.05, 0) is 37.9 Å². The number of carbonyl (C=O) groups excluding carboxylic acids is 1. The zero-order valence-electron chi connectivity index (χ0n) is 12.7. The molecule has 1 aromatic heterocycles. The molecule has 1 aliphatic carbocycles. The van der Waals surface area contributed by atoms with E-state index < -0.39 is 0 Å². The molecule has 1 aliphatic rings. The Balaban J connectivity index is 1.65. The third-order valence-electron chi connectivity index (χ3n) is 4.03. The second-order valence-corrected chi connectivity index (χ2v) is 7.53. The Kier molecular flexibility index (Phi) is 6.39. The summed E-state index contributed by atoms with van der Waals surface area (Å²) in [6.45, 7) is 5.38. The van der Waals surface area contributed by atoms with Crippen molar-refractivity contribution in [1.82, 2.24) is 10.3 Å². The fraction of sp³-hybridized carbons (Fsp3) is 0.733. The molecule has 1 aromatic rings. The minimum absolute atomic E-state index is 0.0312. The van der Waals surface area contributed by atoms with Gasteiger partial charge in [0.2, 0.25) is 5.91 Å². The van der Waals surface area contributed by atoms with Crippen LogP contribution in [0, 0.1) is 16.8 Å². The number of carbonyl (C=O) groups is 1. The van der Waals surface area contributed by atoms with Gasteiger partial charge in [0.05, 0.1) is 19.1 Å². The van der Waals surface area contributed by atoms with E-state index in [0.717, 1.165) is 20.9 Å². The highest BCUT2D eigenvalue weighted by atomic mass is 32.1. The Bertz CT molecular complexity index is 524. The van der Waals surface area contributed by atoms with Crippen molar-refractivity contribution in [3.63, 3.8) is 0 Å². The summed E-state index contributed by atoms with van der Waals surface area (Å²) in [7, 11) is 0. The second-order valence-electron chi connectivity index (χ2n) is 5.76. The monoisotopic (exact) mass is 328 g/mol. The van der Waals surface area contributed by atoms with Crippen molar-refractivity contribution in [3.05, 3.63) is 14.5 Å². The van der Waals surface area contributed by atoms with E-state index in [1.165, 1.54) is 30.6 Å². The van der Waals surface area contributed by atoms with Gasteiger partial charge >= 0.3 is 0 Å². The molecule has 0 bridgehead atoms. The van der Waals surface area contributed by atoms with Gasteiger partial charge in [0, 0.05) is 17.1 Å². The van der Waals surface area contributed by atoms with Gasteiger partial charge in [-0.1, -0.05) is 19.8 Å². The molecule has 2 N–H and O–H groups in total. The normalized spacial score (nSPS) is 22.2. The maximum absolute atomic E-state index is 11.9. The van der Waals surface area contributed by atoms with Crippen LogP contribution >= 0.6 is 23.6 Å². The Labute approximate surface area is 135 Å². The first-order valence-electron chi connectivity index (χ1n) is 7.63. The van der Waals surface area contributed by atoms with Crippen molar-refractivity contribution < 1.29 is 9.53 Å². The first kappa shape index (κ1) is 16.6. The number of ether oxygens (including phenoxy) is 1. The number of hydrogen-bond acceptors (Lipinski definition) is 4. The van der Waals surface area contributed by atoms with Gasteiger partial charge in [0.15, 0.2) is 3.95 Å². The predicted octanol–water partition coefficient (Wildman–Crippen LogP) is 3.37. The van der Waals surface area contributed by atoms with Crippen molar-refractivity contribution in [2.24, 2.45) is 5.92 Å². The SMILES string of the molecule is Cc1[nH]c(=S)sc1CC(=O)NCCOC1CCCCC1C. The minimum Gasteiger partial charge on any atom is -0.376 e. The van der Waals surface area contributed by atoms with Gasteiger partial charge in [0.1, 0.15) is 0 Å². The van der Waals surface area contributed by atoms with Crippen LogP contribution in [-0.2, 0) is 16.0 Å². The number of nitrogens with one attached hydrogen (secondary N) is 2. The molecule has 21 heavy (non-hydrogen) atoms. The van der Waals surface area contributed by atoms with Crippen LogP contribution < -0.4 is 5.32 Å². The average Bonchev–Trinajstić information content (AvgIpc) is 2.75. The van der Waals surface area contributed by atoms with Crippen LogP contribution in [0.1, 0.15) is 43.2 Å². The van der Waals surface area contributed by atoms with Crippen molar-refractivity contribution in [3.8, 4) is 0 Å². The highest BCUT2D eigenvalue weighted by molar-refractivity contribution is 7.73. The number of aromatic nitrogens is 1. The van der Waals surface area contributed by atoms with Gasteiger partial charge in [-0.2, -0.15) is 0 Å². The third kappa shape index (κ3) is 5.20. The standard InChI is InChI=1S/C15H24N2O2S2/c1-10-5-3-4-6-12(10)19-8-7-16-14(18)9-13-11(2)17-15(20)21-13/h10,12H,3-9H2,1-2H3,(H,16,18)(H,17,20). The third-order valence-corrected chi connectivity index (χ3v) is 5.37. The fourth-order valence-electron chi connectivity index (χ4n) is 2.74. The number of H-pyrrole nitrogens is 1. The lowest BCUT2D eigenvalue weighted by atomic mass is 9.88. The minimum atomic E-state index is 0.0312. The molecule has 1 saturated carbocycles. The van der Waals surface area contributed by atoms with Crippen LogP contribution in [-0.4, -0.2) is 30.1 Å². The smallest absolute Gasteiger partial charge is 0.225 e. The maximum atomic E-state index is 11.9. The molecule has 118 valence electrons. The predicted molar refractivity (Wildman–Crippen MR) is 88.3 cm³/mol. The van der Waals surface area contributed by atoms with Crippen molar-refractivity contribution in [2.75, 3.05) is 13.2 Å². The van der Waals surface area contributed by atoms with Gasteiger partial charge in [0.25, 0.3) is 0 Å². The molecule has 0 saturated heterocycles. The Morgan fingerprint density at radius 1 is 1.48 bits per heavy atom. The molecule has 2 rings (SSSR count). The molecule has 1 amide bonds. The van der Waals surface area contributed by atoms with Crippen LogP contribution in [0.5, 0.6) is 0 Å². The Morgan fingerprint density at radius 3 is 2.90 bits per heavy atom. The Hall–Kier alpha value is -0.720. The summed E-state index contributed by atoms with van der Waals surface area (Å²) in [6.07, 6.45) is 5.75. The van der Waals surface area contributed by atoms with E-state index in [1.807, 2.05) is 6.92 Å². The molecule has 2 atom stereocenters. The average molecular weight is 329 g/mol. The zero-order valence-corrected chi connectivity index (χ0v) is 14.4. The number of hydrogen-bond donors (Lipinski definition) is 2. The van der Waals surface area contributed by atoms with Crippen LogP contribution in [0.25, 0.3) is 0 Å². The van der Waals surface area contributed by atoms with Gasteiger partial charge < -0.3 is 15.0 Å². The summed E-state index contributed by atoms with van der Waals surface area (Å²) < 4.78 is 6.62.